The molecule has 0 atom stereocenters. The van der Waals surface area contributed by atoms with Gasteiger partial charge in [-0.2, -0.15) is 0 Å². The molecule has 7 heteroatoms. The van der Waals surface area contributed by atoms with Crippen molar-refractivity contribution in [2.24, 2.45) is 0 Å². The number of aromatic amines is 1. The zero-order valence-corrected chi connectivity index (χ0v) is 12.0. The fraction of sp³-hybridized carbons (Fsp3) is 0.0714. The van der Waals surface area contributed by atoms with Crippen molar-refractivity contribution in [3.63, 3.8) is 0 Å². The number of carboxylic acids is 1. The minimum absolute atomic E-state index is 0.0118. The van der Waals surface area contributed by atoms with Crippen molar-refractivity contribution < 1.29 is 18.3 Å². The van der Waals surface area contributed by atoms with Crippen molar-refractivity contribution in [1.82, 2.24) is 4.98 Å². The van der Waals surface area contributed by atoms with Crippen molar-refractivity contribution in [3.05, 3.63) is 58.8 Å². The Labute approximate surface area is 122 Å². The number of aryl methyl sites for hydroxylation is 1. The van der Waals surface area contributed by atoms with Crippen LogP contribution in [0.2, 0.25) is 0 Å². The molecule has 2 aromatic rings. The first-order chi connectivity index (χ1) is 9.87. The Kier molecular flexibility index (Phi) is 4.13. The Morgan fingerprint density at radius 3 is 2.57 bits per heavy atom. The van der Waals surface area contributed by atoms with E-state index in [1.165, 1.54) is 12.1 Å². The molecule has 1 aromatic carbocycles. The summed E-state index contributed by atoms with van der Waals surface area (Å²) in [6.07, 6.45) is 1.43. The summed E-state index contributed by atoms with van der Waals surface area (Å²) in [6.45, 7) is 1.64. The molecule has 0 amide bonds. The van der Waals surface area contributed by atoms with E-state index in [-0.39, 0.29) is 11.4 Å². The van der Waals surface area contributed by atoms with Crippen LogP contribution in [0.15, 0.2) is 41.8 Å². The smallest absolute Gasteiger partial charge is 0.354 e. The lowest BCUT2D eigenvalue weighted by molar-refractivity contribution is 0.0692. The summed E-state index contributed by atoms with van der Waals surface area (Å²) in [5.74, 6) is -1.23. The van der Waals surface area contributed by atoms with E-state index in [0.29, 0.717) is 5.69 Å². The first-order valence-electron chi connectivity index (χ1n) is 6.06. The highest BCUT2D eigenvalue weighted by atomic mass is 32.2. The van der Waals surface area contributed by atoms with E-state index in [2.05, 4.69) is 9.71 Å². The van der Waals surface area contributed by atoms with Crippen LogP contribution in [0.3, 0.4) is 0 Å². The van der Waals surface area contributed by atoms with Gasteiger partial charge in [0.2, 0.25) is 0 Å². The van der Waals surface area contributed by atoms with Crippen molar-refractivity contribution >= 4 is 27.8 Å². The van der Waals surface area contributed by atoms with E-state index in [9.17, 15) is 13.2 Å². The van der Waals surface area contributed by atoms with Crippen LogP contribution < -0.4 is 4.72 Å². The Balaban J connectivity index is 2.22. The molecule has 0 fully saturated rings. The van der Waals surface area contributed by atoms with Gasteiger partial charge in [0.25, 0.3) is 10.0 Å². The molecular weight excluding hydrogens is 292 g/mol. The predicted octanol–water partition coefficient (Wildman–Crippen LogP) is 2.43. The van der Waals surface area contributed by atoms with Crippen LogP contribution in [0.1, 0.15) is 21.7 Å². The van der Waals surface area contributed by atoms with Crippen LogP contribution >= 0.6 is 0 Å². The molecule has 0 bridgehead atoms. The fourth-order valence-electron chi connectivity index (χ4n) is 1.76. The maximum absolute atomic E-state index is 12.0. The van der Waals surface area contributed by atoms with E-state index in [1.807, 2.05) is 6.07 Å². The number of anilines is 1. The molecule has 0 saturated carbocycles. The molecule has 6 nitrogen and oxygen atoms in total. The van der Waals surface area contributed by atoms with Crippen molar-refractivity contribution in [1.29, 1.82) is 0 Å². The second kappa shape index (κ2) is 5.84. The molecule has 3 N–H and O–H groups in total. The van der Waals surface area contributed by atoms with Gasteiger partial charge in [-0.25, -0.2) is 13.2 Å². The molecule has 0 aliphatic rings. The van der Waals surface area contributed by atoms with Gasteiger partial charge < -0.3 is 10.1 Å². The third kappa shape index (κ3) is 3.96. The number of rotatable bonds is 5. The molecule has 0 saturated heterocycles. The van der Waals surface area contributed by atoms with E-state index in [1.54, 1.807) is 31.2 Å². The van der Waals surface area contributed by atoms with Crippen molar-refractivity contribution in [2.45, 2.75) is 6.92 Å². The van der Waals surface area contributed by atoms with E-state index < -0.39 is 16.0 Å². The van der Waals surface area contributed by atoms with Crippen LogP contribution in [0.4, 0.5) is 5.69 Å². The lowest BCUT2D eigenvalue weighted by Crippen LogP contribution is -2.11. The maximum Gasteiger partial charge on any atom is 0.354 e. The molecule has 110 valence electrons. The second-order valence-corrected chi connectivity index (χ2v) is 5.97. The molecule has 1 heterocycles. The summed E-state index contributed by atoms with van der Waals surface area (Å²) in [5.41, 5.74) is 1.10. The number of nitrogens with one attached hydrogen (secondary N) is 2. The highest BCUT2D eigenvalue weighted by molar-refractivity contribution is 7.95. The molecule has 21 heavy (non-hydrogen) atoms. The minimum atomic E-state index is -3.79. The van der Waals surface area contributed by atoms with Gasteiger partial charge in [-0.15, -0.1) is 0 Å². The van der Waals surface area contributed by atoms with Crippen LogP contribution in [0.25, 0.3) is 6.08 Å². The summed E-state index contributed by atoms with van der Waals surface area (Å²) in [7, 11) is -3.79. The van der Waals surface area contributed by atoms with E-state index in [4.69, 9.17) is 5.11 Å². The van der Waals surface area contributed by atoms with Crippen LogP contribution in [-0.4, -0.2) is 24.5 Å². The van der Waals surface area contributed by atoms with Gasteiger partial charge >= 0.3 is 5.97 Å². The summed E-state index contributed by atoms with van der Waals surface area (Å²) in [6, 6.07) is 10.4. The van der Waals surface area contributed by atoms with Crippen molar-refractivity contribution in [2.75, 3.05) is 4.72 Å². The summed E-state index contributed by atoms with van der Waals surface area (Å²) in [5, 5.41) is 10.00. The lowest BCUT2D eigenvalue weighted by Gasteiger charge is -2.03. The molecule has 0 aliphatic carbocycles. The number of benzene rings is 1. The van der Waals surface area contributed by atoms with Crippen molar-refractivity contribution in [3.8, 4) is 0 Å². The molecule has 0 unspecified atom stereocenters. The van der Waals surface area contributed by atoms with Gasteiger partial charge in [0.15, 0.2) is 0 Å². The number of sulfonamides is 1. The zero-order valence-electron chi connectivity index (χ0n) is 11.2. The summed E-state index contributed by atoms with van der Waals surface area (Å²) in [4.78, 5) is 13.6. The second-order valence-electron chi connectivity index (χ2n) is 4.41. The third-order valence-corrected chi connectivity index (χ3v) is 3.66. The summed E-state index contributed by atoms with van der Waals surface area (Å²) >= 11 is 0. The number of carboxylic acid groups (broad SMARTS) is 1. The van der Waals surface area contributed by atoms with Gasteiger partial charge in [-0.3, -0.25) is 4.72 Å². The Morgan fingerprint density at radius 1 is 1.29 bits per heavy atom. The maximum atomic E-state index is 12.0. The Hall–Kier alpha value is -2.54. The molecule has 0 aliphatic heterocycles. The zero-order chi connectivity index (χ0) is 15.5. The molecule has 1 aromatic heterocycles. The Morgan fingerprint density at radius 2 is 1.95 bits per heavy atom. The van der Waals surface area contributed by atoms with Gasteiger partial charge in [0, 0.05) is 5.69 Å². The number of hydrogen-bond donors (Lipinski definition) is 3. The number of aromatic nitrogens is 1. The first kappa shape index (κ1) is 14.9. The van der Waals surface area contributed by atoms with Gasteiger partial charge in [-0.1, -0.05) is 30.3 Å². The summed E-state index contributed by atoms with van der Waals surface area (Å²) < 4.78 is 26.1. The largest absolute Gasteiger partial charge is 0.477 e. The number of H-pyrrole nitrogens is 1. The highest BCUT2D eigenvalue weighted by Crippen LogP contribution is 2.19. The first-order valence-corrected chi connectivity index (χ1v) is 7.61. The minimum Gasteiger partial charge on any atom is -0.477 e. The molecule has 2 rings (SSSR count). The Bertz CT molecular complexity index is 777. The average Bonchev–Trinajstić information content (AvgIpc) is 2.78. The fourth-order valence-corrected chi connectivity index (χ4v) is 2.63. The van der Waals surface area contributed by atoms with Crippen LogP contribution in [-0.2, 0) is 10.0 Å². The van der Waals surface area contributed by atoms with Gasteiger partial charge in [0.1, 0.15) is 5.69 Å². The highest BCUT2D eigenvalue weighted by Gasteiger charge is 2.16. The van der Waals surface area contributed by atoms with Crippen LogP contribution in [0, 0.1) is 6.92 Å². The average molecular weight is 306 g/mol. The standard InChI is InChI=1S/C14H14N2O4S/c1-10-9-12(13(15-10)14(17)18)16-21(19,20)8-7-11-5-3-2-4-6-11/h2-9,15-16H,1H3,(H,17,18)/b8-7+. The van der Waals surface area contributed by atoms with E-state index >= 15 is 0 Å². The van der Waals surface area contributed by atoms with Crippen LogP contribution in [0.5, 0.6) is 0 Å². The SMILES string of the molecule is Cc1cc(NS(=O)(=O)/C=C/c2ccccc2)c(C(=O)O)[nH]1. The van der Waals surface area contributed by atoms with Gasteiger partial charge in [-0.05, 0) is 24.6 Å². The molecule has 0 radical (unpaired) electrons. The normalized spacial score (nSPS) is 11.7. The molecular formula is C14H14N2O4S. The topological polar surface area (TPSA) is 99.3 Å². The quantitative estimate of drug-likeness (QED) is 0.790. The number of carbonyl (C=O) groups is 1. The number of hydrogen-bond acceptors (Lipinski definition) is 3. The lowest BCUT2D eigenvalue weighted by atomic mass is 10.2. The third-order valence-electron chi connectivity index (χ3n) is 2.66. The number of aromatic carboxylic acids is 1. The van der Waals surface area contributed by atoms with Gasteiger partial charge in [0.05, 0.1) is 11.1 Å². The van der Waals surface area contributed by atoms with E-state index in [0.717, 1.165) is 11.0 Å². The monoisotopic (exact) mass is 306 g/mol. The predicted molar refractivity (Wildman–Crippen MR) is 80.5 cm³/mol. The molecule has 0 spiro atoms.